The SMILES string of the molecule is O=C(OCc1ccccc1)C12CCC(CC1)CN2. The first-order chi connectivity index (χ1) is 8.78. The zero-order chi connectivity index (χ0) is 12.4. The summed E-state index contributed by atoms with van der Waals surface area (Å²) in [6, 6.07) is 9.86. The van der Waals surface area contributed by atoms with Crippen LogP contribution in [0.5, 0.6) is 0 Å². The number of fused-ring (bicyclic) bond motifs is 3. The van der Waals surface area contributed by atoms with E-state index in [0.29, 0.717) is 6.61 Å². The van der Waals surface area contributed by atoms with Crippen LogP contribution < -0.4 is 5.32 Å². The van der Waals surface area contributed by atoms with E-state index < -0.39 is 0 Å². The van der Waals surface area contributed by atoms with Gasteiger partial charge in [0.05, 0.1) is 0 Å². The number of rotatable bonds is 3. The second-order valence-electron chi connectivity index (χ2n) is 5.47. The van der Waals surface area contributed by atoms with Crippen LogP contribution in [-0.4, -0.2) is 18.1 Å². The van der Waals surface area contributed by atoms with E-state index in [-0.39, 0.29) is 11.5 Å². The van der Waals surface area contributed by atoms with Crippen molar-refractivity contribution in [2.45, 2.75) is 37.8 Å². The lowest BCUT2D eigenvalue weighted by atomic mass is 9.72. The monoisotopic (exact) mass is 245 g/mol. The van der Waals surface area contributed by atoms with Gasteiger partial charge in [-0.2, -0.15) is 0 Å². The highest BCUT2D eigenvalue weighted by Crippen LogP contribution is 2.37. The van der Waals surface area contributed by atoms with E-state index in [9.17, 15) is 4.79 Å². The molecule has 2 heterocycles. The summed E-state index contributed by atoms with van der Waals surface area (Å²) in [5.41, 5.74) is 0.663. The van der Waals surface area contributed by atoms with E-state index in [1.54, 1.807) is 0 Å². The van der Waals surface area contributed by atoms with E-state index in [1.807, 2.05) is 30.3 Å². The van der Waals surface area contributed by atoms with Crippen molar-refractivity contribution in [3.8, 4) is 0 Å². The fraction of sp³-hybridized carbons (Fsp3) is 0.533. The molecule has 96 valence electrons. The topological polar surface area (TPSA) is 38.3 Å². The molecular formula is C15H19NO2. The van der Waals surface area contributed by atoms with Gasteiger partial charge in [0.15, 0.2) is 0 Å². The molecule has 0 unspecified atom stereocenters. The average molecular weight is 245 g/mol. The third-order valence-electron chi connectivity index (χ3n) is 4.29. The van der Waals surface area contributed by atoms with Gasteiger partial charge in [0.1, 0.15) is 12.1 Å². The standard InChI is InChI=1S/C15H19NO2/c17-14(18-11-13-4-2-1-3-5-13)15-8-6-12(7-9-15)10-16-15/h1-5,12,16H,6-11H2. The molecule has 3 heteroatoms. The number of ether oxygens (including phenoxy) is 1. The Morgan fingerprint density at radius 3 is 2.61 bits per heavy atom. The molecule has 0 aromatic heterocycles. The third-order valence-corrected chi connectivity index (χ3v) is 4.29. The van der Waals surface area contributed by atoms with Crippen LogP contribution in [0.25, 0.3) is 0 Å². The van der Waals surface area contributed by atoms with Gasteiger partial charge < -0.3 is 10.1 Å². The quantitative estimate of drug-likeness (QED) is 0.830. The molecule has 2 saturated heterocycles. The van der Waals surface area contributed by atoms with Crippen molar-refractivity contribution in [3.63, 3.8) is 0 Å². The molecule has 0 amide bonds. The van der Waals surface area contributed by atoms with E-state index >= 15 is 0 Å². The highest BCUT2D eigenvalue weighted by atomic mass is 16.5. The molecule has 4 rings (SSSR count). The molecule has 1 aromatic rings. The zero-order valence-corrected chi connectivity index (χ0v) is 10.5. The lowest BCUT2D eigenvalue weighted by Crippen LogP contribution is -2.60. The molecule has 3 fully saturated rings. The van der Waals surface area contributed by atoms with E-state index in [1.165, 1.54) is 0 Å². The number of hydrogen-bond donors (Lipinski definition) is 1. The molecule has 2 aliphatic heterocycles. The van der Waals surface area contributed by atoms with Crippen molar-refractivity contribution in [2.75, 3.05) is 6.54 Å². The number of carbonyl (C=O) groups excluding carboxylic acids is 1. The summed E-state index contributed by atoms with van der Waals surface area (Å²) in [4.78, 5) is 12.3. The molecule has 1 saturated carbocycles. The Labute approximate surface area is 108 Å². The molecule has 1 N–H and O–H groups in total. The minimum atomic E-state index is -0.385. The van der Waals surface area contributed by atoms with Gasteiger partial charge in [-0.05, 0) is 43.7 Å². The zero-order valence-electron chi connectivity index (χ0n) is 10.5. The summed E-state index contributed by atoms with van der Waals surface area (Å²) in [7, 11) is 0. The van der Waals surface area contributed by atoms with Gasteiger partial charge in [-0.25, -0.2) is 0 Å². The highest BCUT2D eigenvalue weighted by molar-refractivity contribution is 5.81. The van der Waals surface area contributed by atoms with Crippen LogP contribution in [-0.2, 0) is 16.1 Å². The van der Waals surface area contributed by atoms with Crippen molar-refractivity contribution in [1.29, 1.82) is 0 Å². The second kappa shape index (κ2) is 4.73. The lowest BCUT2D eigenvalue weighted by Gasteiger charge is -2.45. The highest BCUT2D eigenvalue weighted by Gasteiger charge is 2.46. The van der Waals surface area contributed by atoms with Crippen molar-refractivity contribution in [3.05, 3.63) is 35.9 Å². The molecule has 18 heavy (non-hydrogen) atoms. The van der Waals surface area contributed by atoms with Gasteiger partial charge in [-0.15, -0.1) is 0 Å². The largest absolute Gasteiger partial charge is 0.459 e. The fourth-order valence-electron chi connectivity index (χ4n) is 3.03. The summed E-state index contributed by atoms with van der Waals surface area (Å²) in [6.45, 7) is 1.35. The maximum atomic E-state index is 12.3. The fourth-order valence-corrected chi connectivity index (χ4v) is 3.03. The van der Waals surface area contributed by atoms with Crippen molar-refractivity contribution < 1.29 is 9.53 Å². The first-order valence-electron chi connectivity index (χ1n) is 6.75. The van der Waals surface area contributed by atoms with Crippen LogP contribution in [0, 0.1) is 5.92 Å². The summed E-state index contributed by atoms with van der Waals surface area (Å²) in [5, 5.41) is 3.39. The number of piperidine rings is 2. The van der Waals surface area contributed by atoms with Crippen LogP contribution in [0.15, 0.2) is 30.3 Å². The van der Waals surface area contributed by atoms with E-state index in [0.717, 1.165) is 43.7 Å². The Kier molecular flexibility index (Phi) is 3.08. The number of hydrogen-bond acceptors (Lipinski definition) is 3. The predicted molar refractivity (Wildman–Crippen MR) is 68.9 cm³/mol. The second-order valence-corrected chi connectivity index (χ2v) is 5.47. The lowest BCUT2D eigenvalue weighted by molar-refractivity contribution is -0.157. The average Bonchev–Trinajstić information content (AvgIpc) is 2.48. The molecule has 1 aliphatic carbocycles. The molecule has 3 aliphatic rings. The maximum absolute atomic E-state index is 12.3. The van der Waals surface area contributed by atoms with E-state index in [2.05, 4.69) is 5.32 Å². The summed E-state index contributed by atoms with van der Waals surface area (Å²) in [5.74, 6) is 0.707. The van der Waals surface area contributed by atoms with Crippen LogP contribution in [0.3, 0.4) is 0 Å². The van der Waals surface area contributed by atoms with Crippen LogP contribution in [0.4, 0.5) is 0 Å². The normalized spacial score (nSPS) is 30.1. The van der Waals surface area contributed by atoms with Gasteiger partial charge in [0, 0.05) is 0 Å². The molecule has 1 aromatic carbocycles. The van der Waals surface area contributed by atoms with E-state index in [4.69, 9.17) is 4.74 Å². The first-order valence-corrected chi connectivity index (χ1v) is 6.75. The van der Waals surface area contributed by atoms with Crippen LogP contribution in [0.2, 0.25) is 0 Å². The van der Waals surface area contributed by atoms with Crippen LogP contribution >= 0.6 is 0 Å². The van der Waals surface area contributed by atoms with Crippen molar-refractivity contribution in [1.82, 2.24) is 5.32 Å². The van der Waals surface area contributed by atoms with Crippen LogP contribution in [0.1, 0.15) is 31.2 Å². The maximum Gasteiger partial charge on any atom is 0.326 e. The Hall–Kier alpha value is -1.35. The van der Waals surface area contributed by atoms with Gasteiger partial charge in [-0.1, -0.05) is 30.3 Å². The van der Waals surface area contributed by atoms with Gasteiger partial charge in [-0.3, -0.25) is 4.79 Å². The Morgan fingerprint density at radius 2 is 2.00 bits per heavy atom. The molecule has 0 radical (unpaired) electrons. The van der Waals surface area contributed by atoms with Crippen molar-refractivity contribution in [2.24, 2.45) is 5.92 Å². The third kappa shape index (κ3) is 2.15. The Bertz CT molecular complexity index is 408. The molecule has 0 spiro atoms. The van der Waals surface area contributed by atoms with Gasteiger partial charge in [0.2, 0.25) is 0 Å². The smallest absolute Gasteiger partial charge is 0.326 e. The Morgan fingerprint density at radius 1 is 1.28 bits per heavy atom. The summed E-state index contributed by atoms with van der Waals surface area (Å²) >= 11 is 0. The number of esters is 1. The molecule has 0 atom stereocenters. The minimum absolute atomic E-state index is 0.0653. The van der Waals surface area contributed by atoms with Gasteiger partial charge >= 0.3 is 5.97 Å². The minimum Gasteiger partial charge on any atom is -0.459 e. The number of nitrogens with one attached hydrogen (secondary N) is 1. The number of carbonyl (C=O) groups is 1. The molecule has 2 bridgehead atoms. The predicted octanol–water partition coefficient (Wildman–Crippen LogP) is 2.26. The summed E-state index contributed by atoms with van der Waals surface area (Å²) in [6.07, 6.45) is 4.19. The number of benzene rings is 1. The Balaban J connectivity index is 1.61. The molecular weight excluding hydrogens is 226 g/mol. The van der Waals surface area contributed by atoms with Gasteiger partial charge in [0.25, 0.3) is 0 Å². The first kappa shape index (κ1) is 11.7. The van der Waals surface area contributed by atoms with Crippen molar-refractivity contribution >= 4 is 5.97 Å². The summed E-state index contributed by atoms with van der Waals surface area (Å²) < 4.78 is 5.48. The molecule has 3 nitrogen and oxygen atoms in total.